The molecule has 2 fully saturated rings. The molecule has 1 N–H and O–H groups in total. The lowest BCUT2D eigenvalue weighted by molar-refractivity contribution is -0.0244. The van der Waals surface area contributed by atoms with Crippen LogP contribution in [-0.4, -0.2) is 38.0 Å². The van der Waals surface area contributed by atoms with E-state index in [0.717, 1.165) is 35.7 Å². The molecule has 1 atom stereocenters. The number of aromatic nitrogens is 4. The van der Waals surface area contributed by atoms with E-state index in [1.807, 2.05) is 20.2 Å². The molecule has 4 rings (SSSR count). The smallest absolute Gasteiger partial charge is 0.163 e. The fourth-order valence-corrected chi connectivity index (χ4v) is 3.92. The molecule has 6 heteroatoms. The van der Waals surface area contributed by atoms with E-state index in [4.69, 9.17) is 4.74 Å². The molecule has 6 nitrogen and oxygen atoms in total. The van der Waals surface area contributed by atoms with Gasteiger partial charge in [0.2, 0.25) is 0 Å². The first kappa shape index (κ1) is 13.9. The first-order valence-corrected chi connectivity index (χ1v) is 8.22. The van der Waals surface area contributed by atoms with E-state index in [1.54, 1.807) is 4.68 Å². The highest BCUT2D eigenvalue weighted by atomic mass is 16.5. The van der Waals surface area contributed by atoms with Gasteiger partial charge in [-0.25, -0.2) is 9.97 Å². The summed E-state index contributed by atoms with van der Waals surface area (Å²) in [4.78, 5) is 9.05. The SMILES string of the molecule is Cc1nc(N[C@@H]2COC3(CCCCC3)C2)c2cnn(C)c2n1. The quantitative estimate of drug-likeness (QED) is 0.923. The molecule has 1 saturated heterocycles. The number of hydrogen-bond donors (Lipinski definition) is 1. The molecule has 2 aromatic heterocycles. The normalized spacial score (nSPS) is 24.2. The number of ether oxygens (including phenoxy) is 1. The molecule has 2 aliphatic rings. The molecule has 3 heterocycles. The minimum absolute atomic E-state index is 0.117. The number of anilines is 1. The average molecular weight is 301 g/mol. The van der Waals surface area contributed by atoms with Crippen molar-refractivity contribution in [2.75, 3.05) is 11.9 Å². The summed E-state index contributed by atoms with van der Waals surface area (Å²) in [6.45, 7) is 2.69. The van der Waals surface area contributed by atoms with Crippen LogP contribution in [0, 0.1) is 6.92 Å². The summed E-state index contributed by atoms with van der Waals surface area (Å²) < 4.78 is 7.98. The Labute approximate surface area is 130 Å². The van der Waals surface area contributed by atoms with Crippen molar-refractivity contribution in [2.24, 2.45) is 7.05 Å². The number of aryl methyl sites for hydroxylation is 2. The van der Waals surface area contributed by atoms with Gasteiger partial charge in [0.1, 0.15) is 11.6 Å². The predicted octanol–water partition coefficient (Wildman–Crippen LogP) is 2.58. The van der Waals surface area contributed by atoms with Crippen molar-refractivity contribution in [2.45, 2.75) is 57.1 Å². The van der Waals surface area contributed by atoms with Crippen molar-refractivity contribution < 1.29 is 4.74 Å². The Bertz CT molecular complexity index is 689. The van der Waals surface area contributed by atoms with E-state index in [1.165, 1.54) is 32.1 Å². The van der Waals surface area contributed by atoms with Gasteiger partial charge >= 0.3 is 0 Å². The molecular formula is C16H23N5O. The Kier molecular flexibility index (Phi) is 3.29. The van der Waals surface area contributed by atoms with Crippen LogP contribution in [0.3, 0.4) is 0 Å². The van der Waals surface area contributed by atoms with Gasteiger partial charge in [-0.15, -0.1) is 0 Å². The Balaban J connectivity index is 1.57. The third-order valence-electron chi connectivity index (χ3n) is 5.02. The van der Waals surface area contributed by atoms with E-state index in [2.05, 4.69) is 20.4 Å². The molecular weight excluding hydrogens is 278 g/mol. The summed E-state index contributed by atoms with van der Waals surface area (Å²) >= 11 is 0. The standard InChI is InChI=1S/C16H23N5O/c1-11-18-14(13-9-17-21(2)15(13)19-11)20-12-8-16(22-10-12)6-4-3-5-7-16/h9,12H,3-8,10H2,1-2H3,(H,18,19,20)/t12-/m0/s1. The largest absolute Gasteiger partial charge is 0.373 e. The van der Waals surface area contributed by atoms with Crippen LogP contribution in [0.2, 0.25) is 0 Å². The van der Waals surface area contributed by atoms with Crippen molar-refractivity contribution in [3.05, 3.63) is 12.0 Å². The predicted molar refractivity (Wildman–Crippen MR) is 84.8 cm³/mol. The average Bonchev–Trinajstić information content (AvgIpc) is 3.05. The number of fused-ring (bicyclic) bond motifs is 1. The lowest BCUT2D eigenvalue weighted by atomic mass is 9.82. The molecule has 22 heavy (non-hydrogen) atoms. The second-order valence-corrected chi connectivity index (χ2v) is 6.72. The highest BCUT2D eigenvalue weighted by Gasteiger charge is 2.41. The zero-order valence-corrected chi connectivity index (χ0v) is 13.3. The van der Waals surface area contributed by atoms with Crippen LogP contribution in [0.15, 0.2) is 6.20 Å². The van der Waals surface area contributed by atoms with Gasteiger partial charge in [-0.1, -0.05) is 19.3 Å². The number of nitrogens with one attached hydrogen (secondary N) is 1. The summed E-state index contributed by atoms with van der Waals surface area (Å²) in [5, 5.41) is 8.86. The van der Waals surface area contributed by atoms with Gasteiger partial charge < -0.3 is 10.1 Å². The minimum atomic E-state index is 0.117. The van der Waals surface area contributed by atoms with Crippen LogP contribution < -0.4 is 5.32 Å². The van der Waals surface area contributed by atoms with E-state index in [-0.39, 0.29) is 5.60 Å². The zero-order chi connectivity index (χ0) is 15.2. The lowest BCUT2D eigenvalue weighted by Gasteiger charge is -2.32. The minimum Gasteiger partial charge on any atom is -0.373 e. The highest BCUT2D eigenvalue weighted by molar-refractivity contribution is 5.86. The van der Waals surface area contributed by atoms with Gasteiger partial charge in [0.05, 0.1) is 29.8 Å². The van der Waals surface area contributed by atoms with Crippen molar-refractivity contribution in [1.82, 2.24) is 19.7 Å². The summed E-state index contributed by atoms with van der Waals surface area (Å²) in [6, 6.07) is 0.329. The van der Waals surface area contributed by atoms with Crippen LogP contribution in [-0.2, 0) is 11.8 Å². The summed E-state index contributed by atoms with van der Waals surface area (Å²) in [5.41, 5.74) is 0.993. The van der Waals surface area contributed by atoms with Gasteiger partial charge in [-0.05, 0) is 26.2 Å². The molecule has 0 aromatic carbocycles. The van der Waals surface area contributed by atoms with Gasteiger partial charge in [0.25, 0.3) is 0 Å². The highest BCUT2D eigenvalue weighted by Crippen LogP contribution is 2.40. The second-order valence-electron chi connectivity index (χ2n) is 6.72. The summed E-state index contributed by atoms with van der Waals surface area (Å²) in [6.07, 6.45) is 9.27. The fourth-order valence-electron chi connectivity index (χ4n) is 3.92. The monoisotopic (exact) mass is 301 g/mol. The van der Waals surface area contributed by atoms with E-state index >= 15 is 0 Å². The van der Waals surface area contributed by atoms with E-state index in [0.29, 0.717) is 6.04 Å². The molecule has 0 bridgehead atoms. The van der Waals surface area contributed by atoms with Gasteiger partial charge in [0.15, 0.2) is 5.65 Å². The van der Waals surface area contributed by atoms with Gasteiger partial charge in [0, 0.05) is 7.05 Å². The summed E-state index contributed by atoms with van der Waals surface area (Å²) in [5.74, 6) is 1.65. The molecule has 1 spiro atoms. The van der Waals surface area contributed by atoms with E-state index in [9.17, 15) is 0 Å². The molecule has 118 valence electrons. The number of hydrogen-bond acceptors (Lipinski definition) is 5. The van der Waals surface area contributed by atoms with Gasteiger partial charge in [-0.2, -0.15) is 5.10 Å². The van der Waals surface area contributed by atoms with Crippen LogP contribution in [0.4, 0.5) is 5.82 Å². The number of nitrogens with zero attached hydrogens (tertiary/aromatic N) is 4. The Morgan fingerprint density at radius 1 is 1.27 bits per heavy atom. The Morgan fingerprint density at radius 3 is 2.91 bits per heavy atom. The van der Waals surface area contributed by atoms with Gasteiger partial charge in [-0.3, -0.25) is 4.68 Å². The Hall–Kier alpha value is -1.69. The molecule has 1 aliphatic carbocycles. The fraction of sp³-hybridized carbons (Fsp3) is 0.688. The van der Waals surface area contributed by atoms with Crippen molar-refractivity contribution >= 4 is 16.9 Å². The molecule has 0 amide bonds. The first-order chi connectivity index (χ1) is 10.7. The summed E-state index contributed by atoms with van der Waals surface area (Å²) in [7, 11) is 1.91. The second kappa shape index (κ2) is 5.19. The zero-order valence-electron chi connectivity index (χ0n) is 13.3. The molecule has 2 aromatic rings. The maximum Gasteiger partial charge on any atom is 0.163 e. The number of rotatable bonds is 2. The first-order valence-electron chi connectivity index (χ1n) is 8.22. The van der Waals surface area contributed by atoms with Crippen molar-refractivity contribution in [1.29, 1.82) is 0 Å². The van der Waals surface area contributed by atoms with Crippen LogP contribution >= 0.6 is 0 Å². The maximum atomic E-state index is 6.19. The Morgan fingerprint density at radius 2 is 2.09 bits per heavy atom. The van der Waals surface area contributed by atoms with E-state index < -0.39 is 0 Å². The van der Waals surface area contributed by atoms with Crippen LogP contribution in [0.5, 0.6) is 0 Å². The molecule has 1 aliphatic heterocycles. The topological polar surface area (TPSA) is 64.9 Å². The maximum absolute atomic E-state index is 6.19. The third kappa shape index (κ3) is 2.35. The lowest BCUT2D eigenvalue weighted by Crippen LogP contribution is -2.31. The van der Waals surface area contributed by atoms with Crippen LogP contribution in [0.1, 0.15) is 44.3 Å². The van der Waals surface area contributed by atoms with Crippen molar-refractivity contribution in [3.63, 3.8) is 0 Å². The van der Waals surface area contributed by atoms with Crippen molar-refractivity contribution in [3.8, 4) is 0 Å². The molecule has 0 unspecified atom stereocenters. The molecule has 1 saturated carbocycles. The van der Waals surface area contributed by atoms with Crippen LogP contribution in [0.25, 0.3) is 11.0 Å². The molecule has 0 radical (unpaired) electrons. The third-order valence-corrected chi connectivity index (χ3v) is 5.02.